The first-order valence-corrected chi connectivity index (χ1v) is 12.4. The van der Waals surface area contributed by atoms with Crippen molar-refractivity contribution in [3.63, 3.8) is 0 Å². The second-order valence-corrected chi connectivity index (χ2v) is 10.3. The number of pyridine rings is 2. The van der Waals surface area contributed by atoms with E-state index < -0.39 is 58.1 Å². The van der Waals surface area contributed by atoms with Crippen LogP contribution in [-0.2, 0) is 27.4 Å². The van der Waals surface area contributed by atoms with Crippen molar-refractivity contribution in [2.45, 2.75) is 42.5 Å². The van der Waals surface area contributed by atoms with E-state index in [0.29, 0.717) is 0 Å². The maximum absolute atomic E-state index is 14.4. The lowest BCUT2D eigenvalue weighted by atomic mass is 10.0. The summed E-state index contributed by atoms with van der Waals surface area (Å²) in [6, 6.07) is 5.71. The summed E-state index contributed by atoms with van der Waals surface area (Å²) in [6.45, 7) is -0.551. The summed E-state index contributed by atoms with van der Waals surface area (Å²) in [7, 11) is -4.30. The van der Waals surface area contributed by atoms with Crippen LogP contribution in [0.15, 0.2) is 59.8 Å². The van der Waals surface area contributed by atoms with E-state index in [2.05, 4.69) is 9.97 Å². The van der Waals surface area contributed by atoms with Crippen LogP contribution < -0.4 is 0 Å². The smallest absolute Gasteiger partial charge is 0.298 e. The first-order chi connectivity index (χ1) is 17.4. The summed E-state index contributed by atoms with van der Waals surface area (Å²) in [5.41, 5.74) is -0.781. The number of hydrogen-bond donors (Lipinski definition) is 0. The molecule has 0 saturated carbocycles. The average molecular weight is 543 g/mol. The quantitative estimate of drug-likeness (QED) is 0.402. The molecule has 0 unspecified atom stereocenters. The van der Waals surface area contributed by atoms with E-state index in [4.69, 9.17) is 0 Å². The van der Waals surface area contributed by atoms with E-state index in [1.54, 1.807) is 0 Å². The molecule has 0 radical (unpaired) electrons. The molecular formula is C24H19F6N3O3S. The van der Waals surface area contributed by atoms with Crippen LogP contribution in [0.1, 0.15) is 24.1 Å². The van der Waals surface area contributed by atoms with Gasteiger partial charge in [0.05, 0.1) is 22.8 Å². The van der Waals surface area contributed by atoms with Gasteiger partial charge in [-0.1, -0.05) is 0 Å². The zero-order chi connectivity index (χ0) is 27.0. The summed E-state index contributed by atoms with van der Waals surface area (Å²) in [5.74, 6) is -2.08. The van der Waals surface area contributed by atoms with Gasteiger partial charge in [0.1, 0.15) is 23.5 Å². The topological polar surface area (TPSA) is 80.2 Å². The molecule has 0 N–H and O–H groups in total. The minimum atomic E-state index is -4.63. The first kappa shape index (κ1) is 26.7. The number of Topliss-reactive ketones (excluding diaryl/α,β-unsaturated/α-hetero) is 1. The van der Waals surface area contributed by atoms with Gasteiger partial charge >= 0.3 is 6.18 Å². The van der Waals surface area contributed by atoms with Crippen molar-refractivity contribution in [2.75, 3.05) is 6.54 Å². The van der Waals surface area contributed by atoms with Gasteiger partial charge in [-0.05, 0) is 54.4 Å². The lowest BCUT2D eigenvalue weighted by Crippen LogP contribution is -2.40. The monoisotopic (exact) mass is 543 g/mol. The Morgan fingerprint density at radius 3 is 2.35 bits per heavy atom. The van der Waals surface area contributed by atoms with Crippen LogP contribution in [0, 0.1) is 11.6 Å². The van der Waals surface area contributed by atoms with Crippen LogP contribution in [0.5, 0.6) is 0 Å². The predicted octanol–water partition coefficient (Wildman–Crippen LogP) is 4.74. The van der Waals surface area contributed by atoms with Gasteiger partial charge in [0, 0.05) is 31.1 Å². The van der Waals surface area contributed by atoms with Crippen molar-refractivity contribution < 1.29 is 39.6 Å². The molecule has 2 atom stereocenters. The third-order valence-electron chi connectivity index (χ3n) is 5.92. The Labute approximate surface area is 208 Å². The largest absolute Gasteiger partial charge is 0.433 e. The number of carbonyl (C=O) groups is 1. The van der Waals surface area contributed by atoms with E-state index in [1.807, 2.05) is 0 Å². The lowest BCUT2D eigenvalue weighted by molar-refractivity contribution is -0.141. The number of hydrogen-bond acceptors (Lipinski definition) is 5. The molecule has 0 aliphatic carbocycles. The number of nitrogens with zero attached hydrogens (tertiary/aromatic N) is 3. The number of rotatable bonds is 7. The average Bonchev–Trinajstić information content (AvgIpc) is 3.26. The summed E-state index contributed by atoms with van der Waals surface area (Å²) in [5, 5.41) is 0. The molecule has 13 heteroatoms. The molecule has 4 rings (SSSR count). The third kappa shape index (κ3) is 5.82. The highest BCUT2D eigenvalue weighted by Gasteiger charge is 2.43. The fourth-order valence-electron chi connectivity index (χ4n) is 4.02. The Hall–Kier alpha value is -3.32. The standard InChI is InChI=1S/C24H19F6N3O3S/c25-16-3-5-18(6-4-16)37(35,36)33-13-17(26)10-21(33)22(34)7-1-14-9-20(31-12-19(14)27)15-2-8-23(32-11-15)24(28,29)30/h2-6,8-9,11-12,17,21H,1,7,10,13H2/t17-,21+/m1/s1. The molecule has 1 fully saturated rings. The van der Waals surface area contributed by atoms with Gasteiger partial charge in [0.25, 0.3) is 0 Å². The van der Waals surface area contributed by atoms with Gasteiger partial charge < -0.3 is 0 Å². The van der Waals surface area contributed by atoms with E-state index in [1.165, 1.54) is 6.07 Å². The number of halogens is 6. The Bertz CT molecular complexity index is 1400. The van der Waals surface area contributed by atoms with Gasteiger partial charge in [0.15, 0.2) is 5.78 Å². The molecule has 37 heavy (non-hydrogen) atoms. The van der Waals surface area contributed by atoms with Crippen LogP contribution >= 0.6 is 0 Å². The number of alkyl halides is 4. The Kier molecular flexibility index (Phi) is 7.38. The van der Waals surface area contributed by atoms with Gasteiger partial charge in [-0.25, -0.2) is 21.6 Å². The molecule has 0 amide bonds. The predicted molar refractivity (Wildman–Crippen MR) is 119 cm³/mol. The number of sulfonamides is 1. The number of aryl methyl sites for hydroxylation is 1. The molecule has 1 aromatic carbocycles. The first-order valence-electron chi connectivity index (χ1n) is 11.0. The maximum Gasteiger partial charge on any atom is 0.433 e. The number of ketones is 1. The van der Waals surface area contributed by atoms with Crippen LogP contribution in [0.2, 0.25) is 0 Å². The van der Waals surface area contributed by atoms with Crippen molar-refractivity contribution in [3.05, 3.63) is 77.8 Å². The molecule has 0 bridgehead atoms. The molecule has 3 heterocycles. The second-order valence-electron chi connectivity index (χ2n) is 8.43. The summed E-state index contributed by atoms with van der Waals surface area (Å²) in [6.07, 6.45) is -5.33. The molecule has 1 aliphatic heterocycles. The fourth-order valence-corrected chi connectivity index (χ4v) is 5.67. The van der Waals surface area contributed by atoms with E-state index in [9.17, 15) is 39.6 Å². The molecule has 196 valence electrons. The molecule has 3 aromatic rings. The van der Waals surface area contributed by atoms with Crippen molar-refractivity contribution in [1.29, 1.82) is 0 Å². The summed E-state index contributed by atoms with van der Waals surface area (Å²) in [4.78, 5) is 19.8. The fraction of sp³-hybridized carbons (Fsp3) is 0.292. The van der Waals surface area contributed by atoms with Crippen LogP contribution in [0.25, 0.3) is 11.3 Å². The maximum atomic E-state index is 14.4. The van der Waals surface area contributed by atoms with Crippen LogP contribution in [-0.4, -0.2) is 47.2 Å². The highest BCUT2D eigenvalue weighted by atomic mass is 32.2. The minimum Gasteiger partial charge on any atom is -0.298 e. The van der Waals surface area contributed by atoms with Crippen molar-refractivity contribution in [3.8, 4) is 11.3 Å². The number of benzene rings is 1. The third-order valence-corrected chi connectivity index (χ3v) is 7.81. The van der Waals surface area contributed by atoms with Gasteiger partial charge in [-0.3, -0.25) is 14.8 Å². The Morgan fingerprint density at radius 2 is 1.73 bits per heavy atom. The zero-order valence-corrected chi connectivity index (χ0v) is 19.7. The summed E-state index contributed by atoms with van der Waals surface area (Å²) < 4.78 is 107. The van der Waals surface area contributed by atoms with Crippen molar-refractivity contribution >= 4 is 15.8 Å². The zero-order valence-electron chi connectivity index (χ0n) is 18.9. The molecule has 2 aromatic heterocycles. The number of aromatic nitrogens is 2. The van der Waals surface area contributed by atoms with Gasteiger partial charge in [0.2, 0.25) is 10.0 Å². The second kappa shape index (κ2) is 10.2. The molecular weight excluding hydrogens is 524 g/mol. The van der Waals surface area contributed by atoms with Crippen molar-refractivity contribution in [2.24, 2.45) is 0 Å². The summed E-state index contributed by atoms with van der Waals surface area (Å²) >= 11 is 0. The SMILES string of the molecule is O=C(CCc1cc(-c2ccc(C(F)(F)F)nc2)ncc1F)[C@@H]1C[C@@H](F)CN1S(=O)(=O)c1ccc(F)cc1. The minimum absolute atomic E-state index is 0.0148. The van der Waals surface area contributed by atoms with Gasteiger partial charge in [-0.15, -0.1) is 0 Å². The van der Waals surface area contributed by atoms with E-state index in [0.717, 1.165) is 53.1 Å². The highest BCUT2D eigenvalue weighted by Crippen LogP contribution is 2.31. The van der Waals surface area contributed by atoms with E-state index >= 15 is 0 Å². The Balaban J connectivity index is 1.50. The van der Waals surface area contributed by atoms with E-state index in [-0.39, 0.29) is 41.0 Å². The molecule has 1 aliphatic rings. The highest BCUT2D eigenvalue weighted by molar-refractivity contribution is 7.89. The molecule has 6 nitrogen and oxygen atoms in total. The number of carbonyl (C=O) groups excluding carboxylic acids is 1. The normalized spacial score (nSPS) is 18.8. The van der Waals surface area contributed by atoms with Gasteiger partial charge in [-0.2, -0.15) is 17.5 Å². The van der Waals surface area contributed by atoms with Crippen LogP contribution in [0.4, 0.5) is 26.3 Å². The van der Waals surface area contributed by atoms with Crippen molar-refractivity contribution in [1.82, 2.24) is 14.3 Å². The lowest BCUT2D eigenvalue weighted by Gasteiger charge is -2.23. The molecule has 1 saturated heterocycles. The Morgan fingerprint density at radius 1 is 1.03 bits per heavy atom. The molecule has 0 spiro atoms. The van der Waals surface area contributed by atoms with Crippen LogP contribution in [0.3, 0.4) is 0 Å².